The van der Waals surface area contributed by atoms with Gasteiger partial charge in [-0.05, 0) is 24.1 Å². The minimum Gasteiger partial charge on any atom is -0.409 e. The molecule has 0 heterocycles. The summed E-state index contributed by atoms with van der Waals surface area (Å²) in [7, 11) is 0. The lowest BCUT2D eigenvalue weighted by atomic mass is 10.2. The Kier molecular flexibility index (Phi) is 5.85. The van der Waals surface area contributed by atoms with E-state index in [-0.39, 0.29) is 5.84 Å². The zero-order valence-corrected chi connectivity index (χ0v) is 12.4. The Morgan fingerprint density at radius 1 is 1.59 bits per heavy atom. The standard InChI is InChI=1S/C12H17BrN2OS/c1-3-8(2)7-17-11-5-4-9(13)6-10(11)12(14)15-16/h4-6,8,16H,3,7H2,1-2H3,(H2,14,15). The third-order valence-corrected chi connectivity index (χ3v) is 4.44. The summed E-state index contributed by atoms with van der Waals surface area (Å²) in [6, 6.07) is 5.83. The molecule has 3 nitrogen and oxygen atoms in total. The van der Waals surface area contributed by atoms with E-state index in [1.165, 1.54) is 0 Å². The second-order valence-electron chi connectivity index (χ2n) is 3.95. The molecule has 0 bridgehead atoms. The van der Waals surface area contributed by atoms with Gasteiger partial charge in [-0.2, -0.15) is 0 Å². The number of halogens is 1. The Bertz CT molecular complexity index is 409. The molecule has 0 aliphatic rings. The van der Waals surface area contributed by atoms with E-state index in [9.17, 15) is 0 Å². The molecule has 0 aliphatic carbocycles. The van der Waals surface area contributed by atoms with Crippen LogP contribution in [0.3, 0.4) is 0 Å². The molecular formula is C12H17BrN2OS. The number of nitrogens with zero attached hydrogens (tertiary/aromatic N) is 1. The van der Waals surface area contributed by atoms with Gasteiger partial charge < -0.3 is 10.9 Å². The average molecular weight is 317 g/mol. The highest BCUT2D eigenvalue weighted by Gasteiger charge is 2.09. The summed E-state index contributed by atoms with van der Waals surface area (Å²) >= 11 is 5.13. The lowest BCUT2D eigenvalue weighted by Crippen LogP contribution is -2.14. The van der Waals surface area contributed by atoms with Crippen molar-refractivity contribution in [1.82, 2.24) is 0 Å². The van der Waals surface area contributed by atoms with E-state index in [1.807, 2.05) is 18.2 Å². The highest BCUT2D eigenvalue weighted by atomic mass is 79.9. The fraction of sp³-hybridized carbons (Fsp3) is 0.417. The number of thioether (sulfide) groups is 1. The monoisotopic (exact) mass is 316 g/mol. The molecule has 0 aromatic heterocycles. The Morgan fingerprint density at radius 2 is 2.29 bits per heavy atom. The Balaban J connectivity index is 2.91. The molecule has 0 saturated heterocycles. The predicted molar refractivity (Wildman–Crippen MR) is 76.8 cm³/mol. The van der Waals surface area contributed by atoms with Crippen LogP contribution in [0.15, 0.2) is 32.7 Å². The second-order valence-corrected chi connectivity index (χ2v) is 5.93. The zero-order chi connectivity index (χ0) is 12.8. The van der Waals surface area contributed by atoms with Crippen LogP contribution in [0.4, 0.5) is 0 Å². The smallest absolute Gasteiger partial charge is 0.171 e. The van der Waals surface area contributed by atoms with E-state index >= 15 is 0 Å². The summed E-state index contributed by atoms with van der Waals surface area (Å²) in [6.07, 6.45) is 1.16. The Labute approximate surface area is 115 Å². The maximum atomic E-state index is 8.77. The molecule has 1 aromatic rings. The van der Waals surface area contributed by atoms with Crippen LogP contribution in [0.2, 0.25) is 0 Å². The zero-order valence-electron chi connectivity index (χ0n) is 9.98. The number of oxime groups is 1. The largest absolute Gasteiger partial charge is 0.409 e. The SMILES string of the molecule is CCC(C)CSc1ccc(Br)cc1/C(N)=N/O. The molecular weight excluding hydrogens is 300 g/mol. The molecule has 1 unspecified atom stereocenters. The summed E-state index contributed by atoms with van der Waals surface area (Å²) in [5.74, 6) is 1.84. The van der Waals surface area contributed by atoms with Crippen LogP contribution in [0.5, 0.6) is 0 Å². The molecule has 0 spiro atoms. The fourth-order valence-corrected chi connectivity index (χ4v) is 2.78. The van der Waals surface area contributed by atoms with Gasteiger partial charge in [-0.15, -0.1) is 11.8 Å². The highest BCUT2D eigenvalue weighted by molar-refractivity contribution is 9.10. The molecule has 0 aliphatic heterocycles. The molecule has 1 aromatic carbocycles. The number of benzene rings is 1. The van der Waals surface area contributed by atoms with Crippen molar-refractivity contribution < 1.29 is 5.21 Å². The van der Waals surface area contributed by atoms with E-state index in [0.29, 0.717) is 5.92 Å². The van der Waals surface area contributed by atoms with Crippen molar-refractivity contribution in [3.05, 3.63) is 28.2 Å². The number of rotatable bonds is 5. The number of hydrogen-bond acceptors (Lipinski definition) is 3. The van der Waals surface area contributed by atoms with Crippen LogP contribution >= 0.6 is 27.7 Å². The molecule has 1 atom stereocenters. The number of nitrogens with two attached hydrogens (primary N) is 1. The van der Waals surface area contributed by atoms with E-state index in [4.69, 9.17) is 10.9 Å². The van der Waals surface area contributed by atoms with Crippen molar-refractivity contribution in [1.29, 1.82) is 0 Å². The maximum absolute atomic E-state index is 8.77. The van der Waals surface area contributed by atoms with E-state index in [2.05, 4.69) is 34.9 Å². The minimum atomic E-state index is 0.151. The molecule has 17 heavy (non-hydrogen) atoms. The molecule has 94 valence electrons. The first kappa shape index (κ1) is 14.4. The predicted octanol–water partition coefficient (Wildman–Crippen LogP) is 3.68. The van der Waals surface area contributed by atoms with Crippen molar-refractivity contribution in [2.24, 2.45) is 16.8 Å². The van der Waals surface area contributed by atoms with E-state index in [1.54, 1.807) is 11.8 Å². The minimum absolute atomic E-state index is 0.151. The van der Waals surface area contributed by atoms with Crippen molar-refractivity contribution in [2.45, 2.75) is 25.2 Å². The normalized spacial score (nSPS) is 13.7. The maximum Gasteiger partial charge on any atom is 0.171 e. The molecule has 1 rings (SSSR count). The summed E-state index contributed by atoms with van der Waals surface area (Å²) in [5.41, 5.74) is 6.44. The van der Waals surface area contributed by atoms with Crippen LogP contribution in [0.25, 0.3) is 0 Å². The summed E-state index contributed by atoms with van der Waals surface area (Å²) in [6.45, 7) is 4.40. The second kappa shape index (κ2) is 6.91. The van der Waals surface area contributed by atoms with Crippen LogP contribution < -0.4 is 5.73 Å². The van der Waals surface area contributed by atoms with Crippen LogP contribution in [0, 0.1) is 5.92 Å². The molecule has 0 radical (unpaired) electrons. The highest BCUT2D eigenvalue weighted by Crippen LogP contribution is 2.28. The average Bonchev–Trinajstić information content (AvgIpc) is 2.35. The molecule has 0 saturated carbocycles. The fourth-order valence-electron chi connectivity index (χ4n) is 1.23. The van der Waals surface area contributed by atoms with E-state index < -0.39 is 0 Å². The van der Waals surface area contributed by atoms with Gasteiger partial charge in [0.2, 0.25) is 0 Å². The van der Waals surface area contributed by atoms with Gasteiger partial charge in [-0.25, -0.2) is 0 Å². The summed E-state index contributed by atoms with van der Waals surface area (Å²) < 4.78 is 0.923. The molecule has 0 fully saturated rings. The Morgan fingerprint density at radius 3 is 2.88 bits per heavy atom. The first-order valence-corrected chi connectivity index (χ1v) is 7.26. The van der Waals surface area contributed by atoms with Gasteiger partial charge in [0, 0.05) is 20.7 Å². The van der Waals surface area contributed by atoms with Crippen molar-refractivity contribution in [2.75, 3.05) is 5.75 Å². The lowest BCUT2D eigenvalue weighted by molar-refractivity contribution is 0.318. The van der Waals surface area contributed by atoms with Crippen LogP contribution in [0.1, 0.15) is 25.8 Å². The third-order valence-electron chi connectivity index (χ3n) is 2.55. The topological polar surface area (TPSA) is 58.6 Å². The van der Waals surface area contributed by atoms with Gasteiger partial charge in [0.05, 0.1) is 0 Å². The van der Waals surface area contributed by atoms with E-state index in [0.717, 1.165) is 27.1 Å². The van der Waals surface area contributed by atoms with Crippen molar-refractivity contribution in [3.8, 4) is 0 Å². The van der Waals surface area contributed by atoms with Gasteiger partial charge in [0.15, 0.2) is 5.84 Å². The Hall–Kier alpha value is -0.680. The van der Waals surface area contributed by atoms with Crippen molar-refractivity contribution >= 4 is 33.5 Å². The van der Waals surface area contributed by atoms with Crippen molar-refractivity contribution in [3.63, 3.8) is 0 Å². The first-order chi connectivity index (χ1) is 8.08. The molecule has 0 amide bonds. The van der Waals surface area contributed by atoms with Gasteiger partial charge in [-0.3, -0.25) is 0 Å². The third kappa shape index (κ3) is 4.24. The van der Waals surface area contributed by atoms with Gasteiger partial charge in [-0.1, -0.05) is 41.4 Å². The number of hydrogen-bond donors (Lipinski definition) is 2. The van der Waals surface area contributed by atoms with Crippen LogP contribution in [-0.4, -0.2) is 16.8 Å². The summed E-state index contributed by atoms with van der Waals surface area (Å²) in [4.78, 5) is 1.05. The van der Waals surface area contributed by atoms with Gasteiger partial charge in [0.1, 0.15) is 0 Å². The first-order valence-electron chi connectivity index (χ1n) is 5.48. The van der Waals surface area contributed by atoms with Crippen LogP contribution in [-0.2, 0) is 0 Å². The molecule has 5 heteroatoms. The quantitative estimate of drug-likeness (QED) is 0.286. The number of amidine groups is 1. The molecule has 3 N–H and O–H groups in total. The van der Waals surface area contributed by atoms with Gasteiger partial charge >= 0.3 is 0 Å². The van der Waals surface area contributed by atoms with Gasteiger partial charge in [0.25, 0.3) is 0 Å². The summed E-state index contributed by atoms with van der Waals surface area (Å²) in [5, 5.41) is 11.8. The lowest BCUT2D eigenvalue weighted by Gasteiger charge is -2.11.